The van der Waals surface area contributed by atoms with Crippen LogP contribution >= 0.6 is 23.4 Å². The van der Waals surface area contributed by atoms with Crippen molar-refractivity contribution in [1.82, 2.24) is 9.78 Å². The molecule has 0 aliphatic carbocycles. The predicted octanol–water partition coefficient (Wildman–Crippen LogP) is 2.36. The van der Waals surface area contributed by atoms with Crippen LogP contribution in [-0.2, 0) is 7.05 Å². The third-order valence-corrected chi connectivity index (χ3v) is 3.75. The molecule has 0 radical (unpaired) electrons. The minimum Gasteiger partial charge on any atom is -0.258 e. The van der Waals surface area contributed by atoms with Gasteiger partial charge in [-0.15, -0.1) is 11.6 Å². The highest BCUT2D eigenvalue weighted by molar-refractivity contribution is 8.00. The SMILES string of the molecule is Cc1nn(C)c(SC(C)CCl)c1[N+](=O)[O-]. The van der Waals surface area contributed by atoms with E-state index in [2.05, 4.69) is 5.10 Å². The van der Waals surface area contributed by atoms with E-state index < -0.39 is 4.92 Å². The van der Waals surface area contributed by atoms with Crippen molar-refractivity contribution < 1.29 is 4.92 Å². The molecule has 0 fully saturated rings. The molecule has 15 heavy (non-hydrogen) atoms. The van der Waals surface area contributed by atoms with E-state index in [9.17, 15) is 10.1 Å². The molecule has 0 saturated carbocycles. The minimum atomic E-state index is -0.397. The molecule has 0 amide bonds. The monoisotopic (exact) mass is 249 g/mol. The number of alkyl halides is 1. The van der Waals surface area contributed by atoms with Crippen molar-refractivity contribution in [2.45, 2.75) is 24.1 Å². The third-order valence-electron chi connectivity index (χ3n) is 1.85. The molecule has 0 bridgehead atoms. The molecular weight excluding hydrogens is 238 g/mol. The highest BCUT2D eigenvalue weighted by atomic mass is 35.5. The zero-order valence-corrected chi connectivity index (χ0v) is 10.3. The van der Waals surface area contributed by atoms with Crippen LogP contribution in [0.15, 0.2) is 5.03 Å². The van der Waals surface area contributed by atoms with E-state index >= 15 is 0 Å². The van der Waals surface area contributed by atoms with Gasteiger partial charge >= 0.3 is 5.69 Å². The standard InChI is InChI=1S/C8H12ClN3O2S/c1-5(4-9)15-8-7(12(13)14)6(2)10-11(8)3/h5H,4H2,1-3H3. The van der Waals surface area contributed by atoms with Gasteiger partial charge in [-0.1, -0.05) is 18.7 Å². The lowest BCUT2D eigenvalue weighted by Crippen LogP contribution is -2.02. The minimum absolute atomic E-state index is 0.0828. The van der Waals surface area contributed by atoms with Gasteiger partial charge in [-0.3, -0.25) is 14.8 Å². The van der Waals surface area contributed by atoms with Crippen molar-refractivity contribution in [3.05, 3.63) is 15.8 Å². The molecule has 1 aromatic heterocycles. The van der Waals surface area contributed by atoms with Crippen LogP contribution in [0.4, 0.5) is 5.69 Å². The van der Waals surface area contributed by atoms with Crippen molar-refractivity contribution >= 4 is 29.1 Å². The van der Waals surface area contributed by atoms with Gasteiger partial charge in [-0.05, 0) is 6.92 Å². The summed E-state index contributed by atoms with van der Waals surface area (Å²) in [5, 5.41) is 15.5. The second-order valence-corrected chi connectivity index (χ2v) is 4.94. The van der Waals surface area contributed by atoms with Crippen LogP contribution in [0, 0.1) is 17.0 Å². The lowest BCUT2D eigenvalue weighted by molar-refractivity contribution is -0.388. The van der Waals surface area contributed by atoms with E-state index in [1.54, 1.807) is 14.0 Å². The van der Waals surface area contributed by atoms with Gasteiger partial charge < -0.3 is 0 Å². The largest absolute Gasteiger partial charge is 0.323 e. The fourth-order valence-electron chi connectivity index (χ4n) is 1.19. The van der Waals surface area contributed by atoms with E-state index in [-0.39, 0.29) is 10.9 Å². The smallest absolute Gasteiger partial charge is 0.258 e. The molecule has 0 aliphatic heterocycles. The molecule has 5 nitrogen and oxygen atoms in total. The summed E-state index contributed by atoms with van der Waals surface area (Å²) in [5.41, 5.74) is 0.520. The molecule has 0 aliphatic rings. The Morgan fingerprint density at radius 3 is 2.80 bits per heavy atom. The van der Waals surface area contributed by atoms with E-state index in [1.807, 2.05) is 6.92 Å². The molecule has 1 unspecified atom stereocenters. The summed E-state index contributed by atoms with van der Waals surface area (Å²) in [4.78, 5) is 10.4. The van der Waals surface area contributed by atoms with Crippen LogP contribution in [0.2, 0.25) is 0 Å². The van der Waals surface area contributed by atoms with E-state index in [4.69, 9.17) is 11.6 Å². The van der Waals surface area contributed by atoms with Gasteiger partial charge in [0, 0.05) is 18.2 Å². The predicted molar refractivity (Wildman–Crippen MR) is 60.6 cm³/mol. The lowest BCUT2D eigenvalue weighted by Gasteiger charge is -2.06. The van der Waals surface area contributed by atoms with Crippen LogP contribution in [0.5, 0.6) is 0 Å². The number of nitro groups is 1. The second kappa shape index (κ2) is 4.85. The van der Waals surface area contributed by atoms with Crippen LogP contribution in [0.1, 0.15) is 12.6 Å². The van der Waals surface area contributed by atoms with E-state index in [1.165, 1.54) is 16.4 Å². The van der Waals surface area contributed by atoms with Crippen molar-refractivity contribution in [1.29, 1.82) is 0 Å². The number of halogens is 1. The molecule has 0 saturated heterocycles. The first kappa shape index (κ1) is 12.3. The van der Waals surface area contributed by atoms with Crippen LogP contribution in [0.25, 0.3) is 0 Å². The van der Waals surface area contributed by atoms with E-state index in [0.29, 0.717) is 16.6 Å². The first-order valence-electron chi connectivity index (χ1n) is 4.38. The molecule has 84 valence electrons. The fraction of sp³-hybridized carbons (Fsp3) is 0.625. The summed E-state index contributed by atoms with van der Waals surface area (Å²) >= 11 is 7.05. The van der Waals surface area contributed by atoms with Crippen LogP contribution in [-0.4, -0.2) is 25.8 Å². The maximum Gasteiger partial charge on any atom is 0.323 e. The average molecular weight is 250 g/mol. The highest BCUT2D eigenvalue weighted by Crippen LogP contribution is 2.34. The number of aryl methyl sites for hydroxylation is 2. The van der Waals surface area contributed by atoms with Gasteiger partial charge in [0.2, 0.25) is 0 Å². The molecular formula is C8H12ClN3O2S. The number of nitrogens with zero attached hydrogens (tertiary/aromatic N) is 3. The van der Waals surface area contributed by atoms with Gasteiger partial charge in [0.1, 0.15) is 5.69 Å². The number of hydrogen-bond donors (Lipinski definition) is 0. The van der Waals surface area contributed by atoms with Crippen molar-refractivity contribution in [2.24, 2.45) is 7.05 Å². The Kier molecular flexibility index (Phi) is 3.98. The van der Waals surface area contributed by atoms with Gasteiger partial charge in [0.25, 0.3) is 0 Å². The molecule has 0 aromatic carbocycles. The Morgan fingerprint density at radius 2 is 2.33 bits per heavy atom. The topological polar surface area (TPSA) is 61.0 Å². The highest BCUT2D eigenvalue weighted by Gasteiger charge is 2.25. The summed E-state index contributed by atoms with van der Waals surface area (Å²) in [6.45, 7) is 3.55. The Balaban J connectivity index is 3.09. The maximum atomic E-state index is 10.8. The van der Waals surface area contributed by atoms with E-state index in [0.717, 1.165) is 0 Å². The molecule has 1 atom stereocenters. The maximum absolute atomic E-state index is 10.8. The Hall–Kier alpha value is -0.750. The average Bonchev–Trinajstić information content (AvgIpc) is 2.41. The first-order valence-corrected chi connectivity index (χ1v) is 5.79. The Bertz CT molecular complexity index is 380. The molecule has 1 aromatic rings. The second-order valence-electron chi connectivity index (χ2n) is 3.20. The fourth-order valence-corrected chi connectivity index (χ4v) is 2.35. The lowest BCUT2D eigenvalue weighted by atomic mass is 10.4. The quantitative estimate of drug-likeness (QED) is 0.356. The molecule has 0 N–H and O–H groups in total. The van der Waals surface area contributed by atoms with Gasteiger partial charge in [0.15, 0.2) is 5.03 Å². The normalized spacial score (nSPS) is 12.8. The van der Waals surface area contributed by atoms with Gasteiger partial charge in [0.05, 0.1) is 4.92 Å². The van der Waals surface area contributed by atoms with Crippen molar-refractivity contribution in [2.75, 3.05) is 5.88 Å². The van der Waals surface area contributed by atoms with Crippen molar-refractivity contribution in [3.8, 4) is 0 Å². The summed E-state index contributed by atoms with van der Waals surface area (Å²) in [6.07, 6.45) is 0. The van der Waals surface area contributed by atoms with Crippen LogP contribution < -0.4 is 0 Å². The third kappa shape index (κ3) is 2.63. The Labute approximate surface area is 96.9 Å². The molecule has 1 rings (SSSR count). The number of rotatable bonds is 4. The first-order chi connectivity index (χ1) is 6.97. The summed E-state index contributed by atoms with van der Waals surface area (Å²) in [5.74, 6) is 0.450. The Morgan fingerprint density at radius 1 is 1.73 bits per heavy atom. The zero-order chi connectivity index (χ0) is 11.6. The zero-order valence-electron chi connectivity index (χ0n) is 8.73. The summed E-state index contributed by atoms with van der Waals surface area (Å²) in [6, 6.07) is 0. The number of thioether (sulfide) groups is 1. The molecule has 1 heterocycles. The molecule has 0 spiro atoms. The van der Waals surface area contributed by atoms with Crippen LogP contribution in [0.3, 0.4) is 0 Å². The number of aromatic nitrogens is 2. The molecule has 7 heteroatoms. The van der Waals surface area contributed by atoms with Gasteiger partial charge in [-0.25, -0.2) is 0 Å². The summed E-state index contributed by atoms with van der Waals surface area (Å²) in [7, 11) is 1.70. The summed E-state index contributed by atoms with van der Waals surface area (Å²) < 4.78 is 1.53. The van der Waals surface area contributed by atoms with Gasteiger partial charge in [-0.2, -0.15) is 5.10 Å². The van der Waals surface area contributed by atoms with Crippen molar-refractivity contribution in [3.63, 3.8) is 0 Å². The number of hydrogen-bond acceptors (Lipinski definition) is 4.